The highest BCUT2D eigenvalue weighted by Gasteiger charge is 2.05. The van der Waals surface area contributed by atoms with E-state index in [0.29, 0.717) is 0 Å². The first-order valence-electron chi connectivity index (χ1n) is 5.07. The van der Waals surface area contributed by atoms with Gasteiger partial charge in [-0.15, -0.1) is 23.5 Å². The zero-order valence-electron chi connectivity index (χ0n) is 9.49. The van der Waals surface area contributed by atoms with Crippen molar-refractivity contribution in [1.82, 2.24) is 0 Å². The van der Waals surface area contributed by atoms with E-state index in [4.69, 9.17) is 0 Å². The van der Waals surface area contributed by atoms with Gasteiger partial charge in [0.05, 0.1) is 0 Å². The van der Waals surface area contributed by atoms with Gasteiger partial charge in [0.25, 0.3) is 0 Å². The summed E-state index contributed by atoms with van der Waals surface area (Å²) in [6.45, 7) is 3.87. The molecule has 2 aromatic rings. The third kappa shape index (κ3) is 2.00. The van der Waals surface area contributed by atoms with E-state index < -0.39 is 0 Å². The quantitative estimate of drug-likeness (QED) is 0.704. The van der Waals surface area contributed by atoms with Crippen LogP contribution in [0.1, 0.15) is 5.56 Å². The molecule has 0 aliphatic rings. The molecule has 0 radical (unpaired) electrons. The van der Waals surface area contributed by atoms with Gasteiger partial charge in [-0.3, -0.25) is 0 Å². The second-order valence-electron chi connectivity index (χ2n) is 3.48. The van der Waals surface area contributed by atoms with E-state index in [2.05, 4.69) is 49.4 Å². The van der Waals surface area contributed by atoms with E-state index in [0.717, 1.165) is 0 Å². The smallest absolute Gasteiger partial charge is 0.0212 e. The Morgan fingerprint density at radius 3 is 2.38 bits per heavy atom. The first-order valence-corrected chi connectivity index (χ1v) is 7.52. The maximum atomic E-state index is 3.87. The molecule has 0 aliphatic heterocycles. The standard InChI is InChI=1S/C14H14S2/c1-4-10-6-5-7-11-8-13(15-2)14(16-3)9-12(10)11/h4-9H,1H2,2-3H3. The number of fused-ring (bicyclic) bond motifs is 1. The van der Waals surface area contributed by atoms with Gasteiger partial charge in [0, 0.05) is 9.79 Å². The van der Waals surface area contributed by atoms with Crippen molar-refractivity contribution in [1.29, 1.82) is 0 Å². The van der Waals surface area contributed by atoms with Gasteiger partial charge in [-0.2, -0.15) is 0 Å². The molecule has 2 rings (SSSR count). The molecule has 0 amide bonds. The molecule has 82 valence electrons. The molecule has 2 aromatic carbocycles. The van der Waals surface area contributed by atoms with E-state index in [9.17, 15) is 0 Å². The topological polar surface area (TPSA) is 0 Å². The Morgan fingerprint density at radius 1 is 1.06 bits per heavy atom. The number of benzene rings is 2. The first-order chi connectivity index (χ1) is 7.80. The van der Waals surface area contributed by atoms with E-state index in [1.54, 1.807) is 23.5 Å². The van der Waals surface area contributed by atoms with Crippen molar-refractivity contribution in [3.8, 4) is 0 Å². The van der Waals surface area contributed by atoms with Crippen molar-refractivity contribution in [3.63, 3.8) is 0 Å². The minimum atomic E-state index is 1.21. The van der Waals surface area contributed by atoms with E-state index >= 15 is 0 Å². The molecule has 16 heavy (non-hydrogen) atoms. The van der Waals surface area contributed by atoms with Gasteiger partial charge in [-0.1, -0.05) is 30.9 Å². The van der Waals surface area contributed by atoms with Crippen molar-refractivity contribution in [3.05, 3.63) is 42.5 Å². The van der Waals surface area contributed by atoms with Gasteiger partial charge in [0.2, 0.25) is 0 Å². The average molecular weight is 246 g/mol. The Morgan fingerprint density at radius 2 is 1.75 bits per heavy atom. The molecule has 0 saturated heterocycles. The lowest BCUT2D eigenvalue weighted by atomic mass is 10.0. The van der Waals surface area contributed by atoms with Crippen LogP contribution >= 0.6 is 23.5 Å². The van der Waals surface area contributed by atoms with Crippen LogP contribution in [0.5, 0.6) is 0 Å². The molecule has 0 saturated carbocycles. The van der Waals surface area contributed by atoms with Crippen LogP contribution in [0.3, 0.4) is 0 Å². The van der Waals surface area contributed by atoms with Crippen LogP contribution < -0.4 is 0 Å². The Bertz CT molecular complexity index is 529. The van der Waals surface area contributed by atoms with Crippen molar-refractivity contribution in [2.24, 2.45) is 0 Å². The molecule has 0 atom stereocenters. The number of hydrogen-bond donors (Lipinski definition) is 0. The van der Waals surface area contributed by atoms with Crippen LogP contribution in [-0.2, 0) is 0 Å². The second-order valence-corrected chi connectivity index (χ2v) is 5.18. The Hall–Kier alpha value is -0.860. The van der Waals surface area contributed by atoms with Gasteiger partial charge in [-0.05, 0) is 41.0 Å². The Balaban J connectivity index is 2.77. The predicted octanol–water partition coefficient (Wildman–Crippen LogP) is 4.93. The molecule has 0 heterocycles. The molecule has 0 bridgehead atoms. The van der Waals surface area contributed by atoms with Crippen molar-refractivity contribution in [2.75, 3.05) is 12.5 Å². The normalized spacial score (nSPS) is 10.6. The minimum Gasteiger partial charge on any atom is -0.128 e. The molecule has 0 unspecified atom stereocenters. The maximum absolute atomic E-state index is 3.87. The third-order valence-corrected chi connectivity index (χ3v) is 4.32. The van der Waals surface area contributed by atoms with Crippen LogP contribution in [0.25, 0.3) is 16.8 Å². The van der Waals surface area contributed by atoms with E-state index in [1.165, 1.54) is 26.1 Å². The summed E-state index contributed by atoms with van der Waals surface area (Å²) in [6, 6.07) is 10.9. The summed E-state index contributed by atoms with van der Waals surface area (Å²) in [5.41, 5.74) is 1.21. The predicted molar refractivity (Wildman–Crippen MR) is 77.6 cm³/mol. The summed E-state index contributed by atoms with van der Waals surface area (Å²) in [4.78, 5) is 2.69. The lowest BCUT2D eigenvalue weighted by Crippen LogP contribution is -1.83. The van der Waals surface area contributed by atoms with Crippen LogP contribution in [0.2, 0.25) is 0 Å². The second kappa shape index (κ2) is 4.98. The Labute approximate surface area is 105 Å². The molecule has 0 N–H and O–H groups in total. The fraction of sp³-hybridized carbons (Fsp3) is 0.143. The zero-order valence-corrected chi connectivity index (χ0v) is 11.1. The number of thioether (sulfide) groups is 2. The van der Waals surface area contributed by atoms with Crippen LogP contribution in [0, 0.1) is 0 Å². The lowest BCUT2D eigenvalue weighted by molar-refractivity contribution is 1.29. The third-order valence-electron chi connectivity index (χ3n) is 2.64. The van der Waals surface area contributed by atoms with Gasteiger partial charge in [0.1, 0.15) is 0 Å². The highest BCUT2D eigenvalue weighted by Crippen LogP contribution is 2.33. The highest BCUT2D eigenvalue weighted by molar-refractivity contribution is 8.01. The van der Waals surface area contributed by atoms with Gasteiger partial charge < -0.3 is 0 Å². The number of hydrogen-bond acceptors (Lipinski definition) is 2. The van der Waals surface area contributed by atoms with Crippen molar-refractivity contribution < 1.29 is 0 Å². The summed E-state index contributed by atoms with van der Waals surface area (Å²) in [5.74, 6) is 0. The average Bonchev–Trinajstić information content (AvgIpc) is 2.36. The monoisotopic (exact) mass is 246 g/mol. The highest BCUT2D eigenvalue weighted by atomic mass is 32.2. The van der Waals surface area contributed by atoms with Crippen molar-refractivity contribution >= 4 is 40.4 Å². The van der Waals surface area contributed by atoms with Crippen LogP contribution in [0.15, 0.2) is 46.7 Å². The molecular weight excluding hydrogens is 232 g/mol. The van der Waals surface area contributed by atoms with Crippen LogP contribution in [0.4, 0.5) is 0 Å². The molecular formula is C14H14S2. The first kappa shape index (κ1) is 11.6. The Kier molecular flexibility index (Phi) is 3.62. The fourth-order valence-corrected chi connectivity index (χ4v) is 3.31. The van der Waals surface area contributed by atoms with E-state index in [1.807, 2.05) is 6.08 Å². The summed E-state index contributed by atoms with van der Waals surface area (Å²) in [6.07, 6.45) is 6.17. The molecule has 0 spiro atoms. The SMILES string of the molecule is C=Cc1cccc2cc(SC)c(SC)cc12. The maximum Gasteiger partial charge on any atom is 0.0212 e. The van der Waals surface area contributed by atoms with Gasteiger partial charge >= 0.3 is 0 Å². The van der Waals surface area contributed by atoms with Crippen molar-refractivity contribution in [2.45, 2.75) is 9.79 Å². The lowest BCUT2D eigenvalue weighted by Gasteiger charge is -2.09. The van der Waals surface area contributed by atoms with Crippen LogP contribution in [-0.4, -0.2) is 12.5 Å². The summed E-state index contributed by atoms with van der Waals surface area (Å²) in [5, 5.41) is 2.58. The molecule has 0 aromatic heterocycles. The number of rotatable bonds is 3. The van der Waals surface area contributed by atoms with Gasteiger partial charge in [-0.25, -0.2) is 0 Å². The minimum absolute atomic E-state index is 1.21. The largest absolute Gasteiger partial charge is 0.128 e. The van der Waals surface area contributed by atoms with Gasteiger partial charge in [0.15, 0.2) is 0 Å². The summed E-state index contributed by atoms with van der Waals surface area (Å²) >= 11 is 3.60. The molecule has 2 heteroatoms. The van der Waals surface area contributed by atoms with E-state index in [-0.39, 0.29) is 0 Å². The fourth-order valence-electron chi connectivity index (χ4n) is 1.81. The molecule has 0 fully saturated rings. The summed E-state index contributed by atoms with van der Waals surface area (Å²) < 4.78 is 0. The zero-order chi connectivity index (χ0) is 11.5. The summed E-state index contributed by atoms with van der Waals surface area (Å²) in [7, 11) is 0. The molecule has 0 nitrogen and oxygen atoms in total. The molecule has 0 aliphatic carbocycles.